The molecule has 0 fully saturated rings. The van der Waals surface area contributed by atoms with Crippen LogP contribution in [0.15, 0.2) is 48.8 Å². The number of rotatable bonds is 6. The van der Waals surface area contributed by atoms with E-state index in [-0.39, 0.29) is 11.5 Å². The van der Waals surface area contributed by atoms with Gasteiger partial charge in [-0.25, -0.2) is 0 Å². The van der Waals surface area contributed by atoms with Crippen molar-refractivity contribution in [2.45, 2.75) is 6.61 Å². The normalized spacial score (nSPS) is 10.8. The number of nitrogens with one attached hydrogen (secondary N) is 1. The lowest BCUT2D eigenvalue weighted by Crippen LogP contribution is -2.08. The Morgan fingerprint density at radius 3 is 2.78 bits per heavy atom. The van der Waals surface area contributed by atoms with Crippen molar-refractivity contribution in [3.63, 3.8) is 0 Å². The third-order valence-corrected chi connectivity index (χ3v) is 2.78. The molecule has 1 aromatic heterocycles. The topological polar surface area (TPSA) is 60.5 Å². The van der Waals surface area contributed by atoms with Gasteiger partial charge >= 0.3 is 6.61 Å². The molecule has 5 nitrogen and oxygen atoms in total. The fraction of sp³-hybridized carbons (Fsp3) is 0.125. The number of amides is 1. The molecule has 2 aromatic rings. The van der Waals surface area contributed by atoms with Crippen LogP contribution in [0.2, 0.25) is 0 Å². The first-order chi connectivity index (χ1) is 11.1. The summed E-state index contributed by atoms with van der Waals surface area (Å²) in [7, 11) is 1.34. The van der Waals surface area contributed by atoms with Gasteiger partial charge in [0.25, 0.3) is 0 Å². The standard InChI is InChI=1S/C16H14F2N2O3/c1-22-13-6-2-4-11(15(13)23-16(17)18)7-8-14(21)20-12-5-3-9-19-10-12/h2-10,16H,1H3,(H,20,21)/b8-7+. The zero-order valence-corrected chi connectivity index (χ0v) is 12.2. The van der Waals surface area contributed by atoms with E-state index in [1.54, 1.807) is 24.4 Å². The van der Waals surface area contributed by atoms with E-state index in [0.717, 1.165) is 0 Å². The second kappa shape index (κ2) is 7.88. The van der Waals surface area contributed by atoms with Gasteiger partial charge in [-0.3, -0.25) is 9.78 Å². The van der Waals surface area contributed by atoms with Crippen LogP contribution in [0.1, 0.15) is 5.56 Å². The number of hydrogen-bond donors (Lipinski definition) is 1. The van der Waals surface area contributed by atoms with Crippen LogP contribution >= 0.6 is 0 Å². The van der Waals surface area contributed by atoms with E-state index in [1.807, 2.05) is 0 Å². The Hall–Kier alpha value is -2.96. The second-order valence-corrected chi connectivity index (χ2v) is 4.32. The molecule has 0 saturated carbocycles. The predicted molar refractivity (Wildman–Crippen MR) is 81.5 cm³/mol. The molecule has 0 unspecified atom stereocenters. The number of pyridine rings is 1. The maximum Gasteiger partial charge on any atom is 0.387 e. The lowest BCUT2D eigenvalue weighted by Gasteiger charge is -2.12. The van der Waals surface area contributed by atoms with Gasteiger partial charge in [-0.1, -0.05) is 12.1 Å². The van der Waals surface area contributed by atoms with Crippen LogP contribution in [0.3, 0.4) is 0 Å². The van der Waals surface area contributed by atoms with Crippen LogP contribution in [0.25, 0.3) is 6.08 Å². The summed E-state index contributed by atoms with van der Waals surface area (Å²) in [6, 6.07) is 7.99. The molecule has 7 heteroatoms. The van der Waals surface area contributed by atoms with Gasteiger partial charge in [0.05, 0.1) is 19.0 Å². The van der Waals surface area contributed by atoms with Gasteiger partial charge in [0.2, 0.25) is 5.91 Å². The Morgan fingerprint density at radius 1 is 1.30 bits per heavy atom. The minimum absolute atomic E-state index is 0.129. The Morgan fingerprint density at radius 2 is 2.13 bits per heavy atom. The van der Waals surface area contributed by atoms with Crippen molar-refractivity contribution in [1.82, 2.24) is 4.98 Å². The molecule has 0 aliphatic rings. The lowest BCUT2D eigenvalue weighted by atomic mass is 10.1. The summed E-state index contributed by atoms with van der Waals surface area (Å²) in [5, 5.41) is 2.59. The molecule has 120 valence electrons. The highest BCUT2D eigenvalue weighted by atomic mass is 19.3. The monoisotopic (exact) mass is 320 g/mol. The number of methoxy groups -OCH3 is 1. The number of para-hydroxylation sites is 1. The summed E-state index contributed by atoms with van der Waals surface area (Å²) >= 11 is 0. The molecule has 0 spiro atoms. The number of aromatic nitrogens is 1. The summed E-state index contributed by atoms with van der Waals surface area (Å²) < 4.78 is 34.5. The number of benzene rings is 1. The van der Waals surface area contributed by atoms with Crippen molar-refractivity contribution in [3.05, 3.63) is 54.4 Å². The van der Waals surface area contributed by atoms with E-state index in [1.165, 1.54) is 37.6 Å². The summed E-state index contributed by atoms with van der Waals surface area (Å²) in [6.45, 7) is -3.00. The number of carbonyl (C=O) groups is 1. The molecular weight excluding hydrogens is 306 g/mol. The number of ether oxygens (including phenoxy) is 2. The van der Waals surface area contributed by atoms with Gasteiger partial charge in [-0.05, 0) is 24.3 Å². The third kappa shape index (κ3) is 4.77. The average molecular weight is 320 g/mol. The minimum atomic E-state index is -3.00. The Labute approximate surface area is 131 Å². The predicted octanol–water partition coefficient (Wildman–Crippen LogP) is 3.34. The fourth-order valence-electron chi connectivity index (χ4n) is 1.83. The minimum Gasteiger partial charge on any atom is -0.493 e. The molecule has 0 radical (unpaired) electrons. The summed E-state index contributed by atoms with van der Waals surface area (Å²) in [5.74, 6) is -0.403. The zero-order valence-electron chi connectivity index (χ0n) is 12.2. The molecule has 0 aliphatic carbocycles. The molecule has 23 heavy (non-hydrogen) atoms. The molecular formula is C16H14F2N2O3. The Kier molecular flexibility index (Phi) is 5.62. The lowest BCUT2D eigenvalue weighted by molar-refractivity contribution is -0.111. The van der Waals surface area contributed by atoms with Crippen molar-refractivity contribution in [1.29, 1.82) is 0 Å². The van der Waals surface area contributed by atoms with Gasteiger partial charge < -0.3 is 14.8 Å². The molecule has 1 aromatic carbocycles. The zero-order chi connectivity index (χ0) is 16.7. The Bertz CT molecular complexity index is 691. The molecule has 1 N–H and O–H groups in total. The van der Waals surface area contributed by atoms with Crippen molar-refractivity contribution in [2.24, 2.45) is 0 Å². The number of halogens is 2. The van der Waals surface area contributed by atoms with E-state index in [2.05, 4.69) is 15.0 Å². The van der Waals surface area contributed by atoms with Gasteiger partial charge in [0, 0.05) is 17.8 Å². The smallest absolute Gasteiger partial charge is 0.387 e. The van der Waals surface area contributed by atoms with E-state index >= 15 is 0 Å². The van der Waals surface area contributed by atoms with Crippen LogP contribution in [0.5, 0.6) is 11.5 Å². The number of nitrogens with zero attached hydrogens (tertiary/aromatic N) is 1. The summed E-state index contributed by atoms with van der Waals surface area (Å²) in [6.07, 6.45) is 5.64. The van der Waals surface area contributed by atoms with Gasteiger partial charge in [0.1, 0.15) is 0 Å². The number of alkyl halides is 2. The van der Waals surface area contributed by atoms with Crippen LogP contribution in [0, 0.1) is 0 Å². The quantitative estimate of drug-likeness (QED) is 0.829. The van der Waals surface area contributed by atoms with E-state index < -0.39 is 12.5 Å². The maximum atomic E-state index is 12.5. The van der Waals surface area contributed by atoms with Crippen molar-refractivity contribution in [3.8, 4) is 11.5 Å². The summed E-state index contributed by atoms with van der Waals surface area (Å²) in [4.78, 5) is 15.7. The first kappa shape index (κ1) is 16.4. The molecule has 0 aliphatic heterocycles. The van der Waals surface area contributed by atoms with E-state index in [4.69, 9.17) is 4.74 Å². The molecule has 2 rings (SSSR count). The SMILES string of the molecule is COc1cccc(/C=C/C(=O)Nc2cccnc2)c1OC(F)F. The average Bonchev–Trinajstić information content (AvgIpc) is 2.54. The van der Waals surface area contributed by atoms with Crippen molar-refractivity contribution in [2.75, 3.05) is 12.4 Å². The van der Waals surface area contributed by atoms with Crippen LogP contribution in [-0.2, 0) is 4.79 Å². The van der Waals surface area contributed by atoms with Crippen LogP contribution in [0.4, 0.5) is 14.5 Å². The Balaban J connectivity index is 2.16. The number of anilines is 1. The highest BCUT2D eigenvalue weighted by molar-refractivity contribution is 6.02. The first-order valence-corrected chi connectivity index (χ1v) is 6.61. The van der Waals surface area contributed by atoms with E-state index in [9.17, 15) is 13.6 Å². The maximum absolute atomic E-state index is 12.5. The molecule has 0 saturated heterocycles. The molecule has 1 amide bonds. The molecule has 0 bridgehead atoms. The first-order valence-electron chi connectivity index (χ1n) is 6.61. The van der Waals surface area contributed by atoms with Crippen LogP contribution < -0.4 is 14.8 Å². The molecule has 1 heterocycles. The van der Waals surface area contributed by atoms with Gasteiger partial charge in [-0.15, -0.1) is 0 Å². The molecule has 0 atom stereocenters. The second-order valence-electron chi connectivity index (χ2n) is 4.32. The van der Waals surface area contributed by atoms with Crippen molar-refractivity contribution >= 4 is 17.7 Å². The highest BCUT2D eigenvalue weighted by Crippen LogP contribution is 2.33. The largest absolute Gasteiger partial charge is 0.493 e. The van der Waals surface area contributed by atoms with Crippen LogP contribution in [-0.4, -0.2) is 24.6 Å². The van der Waals surface area contributed by atoms with E-state index in [0.29, 0.717) is 11.3 Å². The third-order valence-electron chi connectivity index (χ3n) is 2.78. The van der Waals surface area contributed by atoms with Gasteiger partial charge in [-0.2, -0.15) is 8.78 Å². The summed E-state index contributed by atoms with van der Waals surface area (Å²) in [5.41, 5.74) is 0.822. The fourth-order valence-corrected chi connectivity index (χ4v) is 1.83. The number of hydrogen-bond acceptors (Lipinski definition) is 4. The van der Waals surface area contributed by atoms with Crippen molar-refractivity contribution < 1.29 is 23.0 Å². The van der Waals surface area contributed by atoms with Gasteiger partial charge in [0.15, 0.2) is 11.5 Å². The highest BCUT2D eigenvalue weighted by Gasteiger charge is 2.13. The number of carbonyl (C=O) groups excluding carboxylic acids is 1.